The van der Waals surface area contributed by atoms with E-state index in [1.165, 1.54) is 30.6 Å². The van der Waals surface area contributed by atoms with Crippen molar-refractivity contribution < 1.29 is 0 Å². The number of rotatable bonds is 5. The first-order chi connectivity index (χ1) is 8.69. The van der Waals surface area contributed by atoms with Gasteiger partial charge in [0.05, 0.1) is 0 Å². The van der Waals surface area contributed by atoms with E-state index in [0.29, 0.717) is 12.1 Å². The first-order valence-electron chi connectivity index (χ1n) is 6.82. The predicted octanol–water partition coefficient (Wildman–Crippen LogP) is 4.66. The molecular weight excluding hydrogens is 262 g/mol. The molecule has 0 radical (unpaired) electrons. The second kappa shape index (κ2) is 6.83. The number of nitrogens with one attached hydrogen (secondary N) is 1. The summed E-state index contributed by atoms with van der Waals surface area (Å²) in [5.74, 6) is 1.24. The molecule has 1 aromatic carbocycles. The Morgan fingerprint density at radius 3 is 2.72 bits per heavy atom. The monoisotopic (exact) mass is 283 g/mol. The van der Waals surface area contributed by atoms with Gasteiger partial charge in [-0.15, -0.1) is 0 Å². The summed E-state index contributed by atoms with van der Waals surface area (Å²) in [4.78, 5) is 0. The molecule has 0 bridgehead atoms. The van der Waals surface area contributed by atoms with Crippen LogP contribution >= 0.6 is 23.4 Å². The van der Waals surface area contributed by atoms with Crippen molar-refractivity contribution in [2.24, 2.45) is 0 Å². The Hall–Kier alpha value is -0.180. The highest BCUT2D eigenvalue weighted by molar-refractivity contribution is 7.99. The third kappa shape index (κ3) is 3.91. The van der Waals surface area contributed by atoms with Gasteiger partial charge in [-0.2, -0.15) is 11.8 Å². The molecule has 1 aromatic rings. The Morgan fingerprint density at radius 2 is 2.06 bits per heavy atom. The summed E-state index contributed by atoms with van der Waals surface area (Å²) in [6.07, 6.45) is 4.00. The molecule has 0 aromatic heterocycles. The van der Waals surface area contributed by atoms with E-state index in [4.69, 9.17) is 11.6 Å². The van der Waals surface area contributed by atoms with Crippen molar-refractivity contribution in [3.63, 3.8) is 0 Å². The highest BCUT2D eigenvalue weighted by atomic mass is 35.5. The first-order valence-corrected chi connectivity index (χ1v) is 8.24. The Bertz CT molecular complexity index is 365. The van der Waals surface area contributed by atoms with Gasteiger partial charge in [-0.1, -0.05) is 30.7 Å². The van der Waals surface area contributed by atoms with E-state index in [2.05, 4.69) is 43.1 Å². The molecule has 100 valence electrons. The molecule has 18 heavy (non-hydrogen) atoms. The number of hydrogen-bond donors (Lipinski definition) is 1. The minimum Gasteiger partial charge on any atom is -0.307 e. The highest BCUT2D eigenvalue weighted by Crippen LogP contribution is 2.31. The lowest BCUT2D eigenvalue weighted by atomic mass is 10.1. The molecule has 1 fully saturated rings. The second-order valence-electron chi connectivity index (χ2n) is 5.03. The summed E-state index contributed by atoms with van der Waals surface area (Å²) in [5, 5.41) is 5.42. The summed E-state index contributed by atoms with van der Waals surface area (Å²) in [5.41, 5.74) is 1.32. The smallest absolute Gasteiger partial charge is 0.0406 e. The van der Waals surface area contributed by atoms with Crippen molar-refractivity contribution in [3.05, 3.63) is 34.9 Å². The summed E-state index contributed by atoms with van der Waals surface area (Å²) >= 11 is 8.03. The van der Waals surface area contributed by atoms with Crippen LogP contribution in [-0.4, -0.2) is 17.0 Å². The summed E-state index contributed by atoms with van der Waals surface area (Å²) in [7, 11) is 0. The molecule has 3 unspecified atom stereocenters. The van der Waals surface area contributed by atoms with E-state index in [1.54, 1.807) is 0 Å². The molecule has 1 aliphatic carbocycles. The number of halogens is 1. The van der Waals surface area contributed by atoms with Crippen molar-refractivity contribution in [1.29, 1.82) is 0 Å². The molecule has 2 rings (SSSR count). The average molecular weight is 284 g/mol. The molecule has 1 N–H and O–H groups in total. The molecule has 1 saturated carbocycles. The van der Waals surface area contributed by atoms with Gasteiger partial charge in [0.25, 0.3) is 0 Å². The third-order valence-electron chi connectivity index (χ3n) is 3.64. The van der Waals surface area contributed by atoms with E-state index < -0.39 is 0 Å². The topological polar surface area (TPSA) is 12.0 Å². The van der Waals surface area contributed by atoms with Gasteiger partial charge in [0.1, 0.15) is 0 Å². The van der Waals surface area contributed by atoms with E-state index in [9.17, 15) is 0 Å². The van der Waals surface area contributed by atoms with Gasteiger partial charge in [0, 0.05) is 22.4 Å². The van der Waals surface area contributed by atoms with E-state index in [1.807, 2.05) is 12.1 Å². The fraction of sp³-hybridized carbons (Fsp3) is 0.600. The van der Waals surface area contributed by atoms with Crippen molar-refractivity contribution in [2.45, 2.75) is 50.4 Å². The van der Waals surface area contributed by atoms with Crippen molar-refractivity contribution in [1.82, 2.24) is 5.32 Å². The highest BCUT2D eigenvalue weighted by Gasteiger charge is 2.25. The normalized spacial score (nSPS) is 25.3. The standard InChI is InChI=1S/C15H22ClNS/c1-3-18-15-9-8-14(10-15)17-11(2)12-4-6-13(16)7-5-12/h4-7,11,14-15,17H,3,8-10H2,1-2H3. The van der Waals surface area contributed by atoms with Gasteiger partial charge in [0.15, 0.2) is 0 Å². The second-order valence-corrected chi connectivity index (χ2v) is 7.04. The largest absolute Gasteiger partial charge is 0.307 e. The fourth-order valence-electron chi connectivity index (χ4n) is 2.68. The first kappa shape index (κ1) is 14.2. The molecule has 1 nitrogen and oxygen atoms in total. The van der Waals surface area contributed by atoms with Gasteiger partial charge in [-0.3, -0.25) is 0 Å². The average Bonchev–Trinajstić information content (AvgIpc) is 2.78. The van der Waals surface area contributed by atoms with Crippen LogP contribution in [0.1, 0.15) is 44.7 Å². The lowest BCUT2D eigenvalue weighted by molar-refractivity contribution is 0.462. The van der Waals surface area contributed by atoms with Crippen LogP contribution in [0.15, 0.2) is 24.3 Å². The summed E-state index contributed by atoms with van der Waals surface area (Å²) in [6, 6.07) is 9.27. The minimum absolute atomic E-state index is 0.414. The Balaban J connectivity index is 1.84. The molecule has 3 atom stereocenters. The van der Waals surface area contributed by atoms with E-state index >= 15 is 0 Å². The maximum absolute atomic E-state index is 5.92. The number of thioether (sulfide) groups is 1. The molecule has 1 aliphatic rings. The lowest BCUT2D eigenvalue weighted by Gasteiger charge is -2.20. The van der Waals surface area contributed by atoms with Crippen LogP contribution in [0.25, 0.3) is 0 Å². The van der Waals surface area contributed by atoms with Gasteiger partial charge >= 0.3 is 0 Å². The van der Waals surface area contributed by atoms with Crippen LogP contribution in [0.5, 0.6) is 0 Å². The fourth-order valence-corrected chi connectivity index (χ4v) is 3.95. The van der Waals surface area contributed by atoms with Crippen LogP contribution in [0.4, 0.5) is 0 Å². The minimum atomic E-state index is 0.414. The molecule has 0 spiro atoms. The number of benzene rings is 1. The van der Waals surface area contributed by atoms with Gasteiger partial charge < -0.3 is 5.32 Å². The lowest BCUT2D eigenvalue weighted by Crippen LogP contribution is -2.29. The molecule has 0 saturated heterocycles. The zero-order valence-corrected chi connectivity index (χ0v) is 12.7. The molecule has 0 amide bonds. The zero-order valence-electron chi connectivity index (χ0n) is 11.2. The Labute approximate surface area is 120 Å². The van der Waals surface area contributed by atoms with Gasteiger partial charge in [-0.05, 0) is 49.6 Å². The predicted molar refractivity (Wildman–Crippen MR) is 82.6 cm³/mol. The van der Waals surface area contributed by atoms with Gasteiger partial charge in [0.2, 0.25) is 0 Å². The summed E-state index contributed by atoms with van der Waals surface area (Å²) < 4.78 is 0. The Kier molecular flexibility index (Phi) is 5.40. The zero-order chi connectivity index (χ0) is 13.0. The third-order valence-corrected chi connectivity index (χ3v) is 5.13. The molecule has 3 heteroatoms. The molecular formula is C15H22ClNS. The van der Waals surface area contributed by atoms with Crippen molar-refractivity contribution >= 4 is 23.4 Å². The quantitative estimate of drug-likeness (QED) is 0.843. The van der Waals surface area contributed by atoms with Crippen LogP contribution in [0, 0.1) is 0 Å². The van der Waals surface area contributed by atoms with Gasteiger partial charge in [-0.25, -0.2) is 0 Å². The van der Waals surface area contributed by atoms with E-state index in [0.717, 1.165) is 10.3 Å². The van der Waals surface area contributed by atoms with Crippen molar-refractivity contribution in [3.8, 4) is 0 Å². The van der Waals surface area contributed by atoms with Crippen LogP contribution in [0.3, 0.4) is 0 Å². The Morgan fingerprint density at radius 1 is 1.33 bits per heavy atom. The maximum atomic E-state index is 5.92. The summed E-state index contributed by atoms with van der Waals surface area (Å²) in [6.45, 7) is 4.49. The number of hydrogen-bond acceptors (Lipinski definition) is 2. The maximum Gasteiger partial charge on any atom is 0.0406 e. The van der Waals surface area contributed by atoms with Crippen molar-refractivity contribution in [2.75, 3.05) is 5.75 Å². The molecule has 0 heterocycles. The van der Waals surface area contributed by atoms with E-state index in [-0.39, 0.29) is 0 Å². The van der Waals surface area contributed by atoms with Crippen LogP contribution < -0.4 is 5.32 Å². The van der Waals surface area contributed by atoms with Crippen LogP contribution in [-0.2, 0) is 0 Å². The van der Waals surface area contributed by atoms with Crippen LogP contribution in [0.2, 0.25) is 5.02 Å². The SMILES string of the molecule is CCSC1CCC(NC(C)c2ccc(Cl)cc2)C1. The molecule has 0 aliphatic heterocycles.